The highest BCUT2D eigenvalue weighted by atomic mass is 16.5. The number of hydrogen-bond acceptors (Lipinski definition) is 5. The Kier molecular flexibility index (Phi) is 6.41. The number of allylic oxidation sites excluding steroid dienone is 1. The highest BCUT2D eigenvalue weighted by Gasteiger charge is 2.09. The fourth-order valence-corrected chi connectivity index (χ4v) is 2.64. The summed E-state index contributed by atoms with van der Waals surface area (Å²) in [4.78, 5) is 16.8. The number of ether oxygens (including phenoxy) is 3. The molecule has 3 aromatic rings. The van der Waals surface area contributed by atoms with Crippen molar-refractivity contribution >= 4 is 11.9 Å². The summed E-state index contributed by atoms with van der Waals surface area (Å²) in [6.07, 6.45) is 4.99. The lowest BCUT2D eigenvalue weighted by Gasteiger charge is -2.09. The fraction of sp³-hybridized carbons (Fsp3) is 0.130. The van der Waals surface area contributed by atoms with E-state index in [2.05, 4.69) is 4.98 Å². The molecule has 142 valence electrons. The zero-order valence-corrected chi connectivity index (χ0v) is 15.8. The minimum atomic E-state index is -0.138. The van der Waals surface area contributed by atoms with Crippen LogP contribution in [-0.4, -0.2) is 25.0 Å². The zero-order valence-electron chi connectivity index (χ0n) is 15.8. The number of carbonyl (C=O) groups excluding carboxylic acids is 1. The summed E-state index contributed by atoms with van der Waals surface area (Å²) >= 11 is 0. The minimum Gasteiger partial charge on any atom is -0.493 e. The fourth-order valence-electron chi connectivity index (χ4n) is 2.64. The molecule has 5 heteroatoms. The lowest BCUT2D eigenvalue weighted by molar-refractivity contribution is 0.104. The number of pyridine rings is 1. The predicted octanol–water partition coefficient (Wildman–Crippen LogP) is 4.57. The van der Waals surface area contributed by atoms with Crippen molar-refractivity contribution in [3.63, 3.8) is 0 Å². The van der Waals surface area contributed by atoms with Gasteiger partial charge in [0.2, 0.25) is 0 Å². The van der Waals surface area contributed by atoms with E-state index < -0.39 is 0 Å². The maximum Gasteiger partial charge on any atom is 0.185 e. The molecule has 0 aliphatic heterocycles. The Balaban J connectivity index is 1.74. The Bertz CT molecular complexity index is 967. The largest absolute Gasteiger partial charge is 0.493 e. The molecular weight excluding hydrogens is 354 g/mol. The third-order valence-corrected chi connectivity index (χ3v) is 4.10. The Labute approximate surface area is 164 Å². The van der Waals surface area contributed by atoms with Crippen molar-refractivity contribution in [2.75, 3.05) is 14.2 Å². The van der Waals surface area contributed by atoms with Gasteiger partial charge >= 0.3 is 0 Å². The maximum atomic E-state index is 12.5. The van der Waals surface area contributed by atoms with Gasteiger partial charge in [-0.2, -0.15) is 0 Å². The number of aromatic nitrogens is 1. The summed E-state index contributed by atoms with van der Waals surface area (Å²) in [5.41, 5.74) is 2.16. The van der Waals surface area contributed by atoms with Crippen LogP contribution in [-0.2, 0) is 6.61 Å². The van der Waals surface area contributed by atoms with Crippen LogP contribution >= 0.6 is 0 Å². The van der Waals surface area contributed by atoms with E-state index in [4.69, 9.17) is 14.2 Å². The van der Waals surface area contributed by atoms with E-state index in [1.54, 1.807) is 37.6 Å². The molecule has 0 bridgehead atoms. The molecule has 0 unspecified atom stereocenters. The highest BCUT2D eigenvalue weighted by Crippen LogP contribution is 2.28. The molecule has 0 spiro atoms. The molecule has 1 heterocycles. The van der Waals surface area contributed by atoms with Crippen molar-refractivity contribution in [1.82, 2.24) is 4.98 Å². The molecule has 0 N–H and O–H groups in total. The number of methoxy groups -OCH3 is 2. The monoisotopic (exact) mass is 375 g/mol. The van der Waals surface area contributed by atoms with E-state index >= 15 is 0 Å². The third kappa shape index (κ3) is 4.76. The van der Waals surface area contributed by atoms with Gasteiger partial charge in [0.05, 0.1) is 19.9 Å². The Hall–Kier alpha value is -3.60. The van der Waals surface area contributed by atoms with Gasteiger partial charge in [-0.3, -0.25) is 9.78 Å². The van der Waals surface area contributed by atoms with Crippen LogP contribution in [0.3, 0.4) is 0 Å². The van der Waals surface area contributed by atoms with E-state index in [0.29, 0.717) is 29.4 Å². The van der Waals surface area contributed by atoms with Crippen molar-refractivity contribution in [2.45, 2.75) is 6.61 Å². The second-order valence-corrected chi connectivity index (χ2v) is 5.91. The van der Waals surface area contributed by atoms with Crippen molar-refractivity contribution in [2.24, 2.45) is 0 Å². The number of benzene rings is 2. The first-order chi connectivity index (χ1) is 13.7. The van der Waals surface area contributed by atoms with Crippen molar-refractivity contribution in [1.29, 1.82) is 0 Å². The molecule has 3 rings (SSSR count). The van der Waals surface area contributed by atoms with Crippen LogP contribution in [0.1, 0.15) is 21.6 Å². The molecule has 0 atom stereocenters. The molecule has 5 nitrogen and oxygen atoms in total. The minimum absolute atomic E-state index is 0.138. The lowest BCUT2D eigenvalue weighted by atomic mass is 10.1. The summed E-state index contributed by atoms with van der Waals surface area (Å²) in [6, 6.07) is 18.3. The average Bonchev–Trinajstić information content (AvgIpc) is 2.76. The molecule has 28 heavy (non-hydrogen) atoms. The highest BCUT2D eigenvalue weighted by molar-refractivity contribution is 6.07. The van der Waals surface area contributed by atoms with Crippen LogP contribution in [0.2, 0.25) is 0 Å². The second kappa shape index (κ2) is 9.37. The van der Waals surface area contributed by atoms with Crippen LogP contribution < -0.4 is 14.2 Å². The molecular formula is C23H21NO4. The zero-order chi connectivity index (χ0) is 19.8. The van der Waals surface area contributed by atoms with E-state index in [0.717, 1.165) is 11.3 Å². The number of rotatable bonds is 8. The summed E-state index contributed by atoms with van der Waals surface area (Å²) in [5.74, 6) is 1.64. The average molecular weight is 375 g/mol. The van der Waals surface area contributed by atoms with Gasteiger partial charge in [0.15, 0.2) is 17.3 Å². The first-order valence-corrected chi connectivity index (χ1v) is 8.77. The molecule has 0 saturated carbocycles. The number of para-hydroxylation sites is 1. The molecule has 0 amide bonds. The van der Waals surface area contributed by atoms with Gasteiger partial charge in [0.25, 0.3) is 0 Å². The quantitative estimate of drug-likeness (QED) is 0.426. The standard InChI is InChI=1S/C23H21NO4/c1-26-22-13-11-18(15-23(22)27-2)20(25)12-10-17-7-3-4-9-21(17)28-16-19-8-5-6-14-24-19/h3-15H,16H2,1-2H3/b12-10+. The SMILES string of the molecule is COc1ccc(C(=O)/C=C/c2ccccc2OCc2ccccn2)cc1OC. The van der Waals surface area contributed by atoms with Gasteiger partial charge in [-0.05, 0) is 48.6 Å². The summed E-state index contributed by atoms with van der Waals surface area (Å²) in [6.45, 7) is 0.356. The summed E-state index contributed by atoms with van der Waals surface area (Å²) < 4.78 is 16.3. The van der Waals surface area contributed by atoms with Gasteiger partial charge in [-0.25, -0.2) is 0 Å². The van der Waals surface area contributed by atoms with Crippen molar-refractivity contribution in [3.8, 4) is 17.2 Å². The maximum absolute atomic E-state index is 12.5. The smallest absolute Gasteiger partial charge is 0.185 e. The van der Waals surface area contributed by atoms with Crippen LogP contribution in [0.25, 0.3) is 6.08 Å². The number of nitrogens with zero attached hydrogens (tertiary/aromatic N) is 1. The first-order valence-electron chi connectivity index (χ1n) is 8.77. The van der Waals surface area contributed by atoms with Crippen LogP contribution in [0, 0.1) is 0 Å². The van der Waals surface area contributed by atoms with Crippen molar-refractivity contribution in [3.05, 3.63) is 89.8 Å². The van der Waals surface area contributed by atoms with E-state index in [9.17, 15) is 4.79 Å². The second-order valence-electron chi connectivity index (χ2n) is 5.91. The molecule has 0 aliphatic rings. The normalized spacial score (nSPS) is 10.6. The molecule has 0 radical (unpaired) electrons. The lowest BCUT2D eigenvalue weighted by Crippen LogP contribution is -1.99. The third-order valence-electron chi connectivity index (χ3n) is 4.10. The van der Waals surface area contributed by atoms with Gasteiger partial charge in [0.1, 0.15) is 12.4 Å². The van der Waals surface area contributed by atoms with E-state index in [-0.39, 0.29) is 5.78 Å². The Morgan fingerprint density at radius 1 is 0.929 bits per heavy atom. The Morgan fingerprint density at radius 2 is 1.71 bits per heavy atom. The first kappa shape index (κ1) is 19.2. The van der Waals surface area contributed by atoms with Crippen LogP contribution in [0.4, 0.5) is 0 Å². The number of ketones is 1. The van der Waals surface area contributed by atoms with Crippen LogP contribution in [0.15, 0.2) is 72.9 Å². The predicted molar refractivity (Wildman–Crippen MR) is 108 cm³/mol. The van der Waals surface area contributed by atoms with Gasteiger partial charge in [-0.15, -0.1) is 0 Å². The number of carbonyl (C=O) groups is 1. The van der Waals surface area contributed by atoms with Gasteiger partial charge < -0.3 is 14.2 Å². The van der Waals surface area contributed by atoms with Crippen molar-refractivity contribution < 1.29 is 19.0 Å². The molecule has 0 saturated heterocycles. The van der Waals surface area contributed by atoms with Gasteiger partial charge in [-0.1, -0.05) is 24.3 Å². The van der Waals surface area contributed by atoms with Crippen LogP contribution in [0.5, 0.6) is 17.2 Å². The van der Waals surface area contributed by atoms with E-state index in [1.165, 1.54) is 13.2 Å². The summed E-state index contributed by atoms with van der Waals surface area (Å²) in [7, 11) is 3.10. The topological polar surface area (TPSA) is 57.7 Å². The molecule has 1 aromatic heterocycles. The Morgan fingerprint density at radius 3 is 2.46 bits per heavy atom. The molecule has 2 aromatic carbocycles. The van der Waals surface area contributed by atoms with E-state index in [1.807, 2.05) is 42.5 Å². The molecule has 0 fully saturated rings. The molecule has 0 aliphatic carbocycles. The summed E-state index contributed by atoms with van der Waals surface area (Å²) in [5, 5.41) is 0. The van der Waals surface area contributed by atoms with Gasteiger partial charge in [0, 0.05) is 17.3 Å². The number of hydrogen-bond donors (Lipinski definition) is 0.